The second kappa shape index (κ2) is 18.2. The van der Waals surface area contributed by atoms with Crippen LogP contribution in [0.2, 0.25) is 5.02 Å². The number of rotatable bonds is 15. The number of pyridine rings is 1. The third kappa shape index (κ3) is 10.4. The normalized spacial score (nSPS) is 17.0. The predicted molar refractivity (Wildman–Crippen MR) is 210 cm³/mol. The molecule has 54 heavy (non-hydrogen) atoms. The Kier molecular flexibility index (Phi) is 13.2. The Morgan fingerprint density at radius 2 is 1.72 bits per heavy atom. The van der Waals surface area contributed by atoms with Gasteiger partial charge in [0.2, 0.25) is 11.8 Å². The largest absolute Gasteiger partial charge is 0.388 e. The number of aromatic nitrogens is 3. The predicted octanol–water partition coefficient (Wildman–Crippen LogP) is 4.68. The smallest absolute Gasteiger partial charge is 0.261 e. The number of anilines is 1. The van der Waals surface area contributed by atoms with Crippen LogP contribution in [0.5, 0.6) is 0 Å². The van der Waals surface area contributed by atoms with Crippen LogP contribution in [0.25, 0.3) is 10.9 Å². The van der Waals surface area contributed by atoms with E-state index in [1.54, 1.807) is 30.5 Å². The first-order chi connectivity index (χ1) is 26.1. The summed E-state index contributed by atoms with van der Waals surface area (Å²) in [5.41, 5.74) is 1.08. The van der Waals surface area contributed by atoms with Crippen molar-refractivity contribution in [2.24, 2.45) is 5.92 Å². The summed E-state index contributed by atoms with van der Waals surface area (Å²) >= 11 is 6.18. The van der Waals surface area contributed by atoms with Crippen molar-refractivity contribution >= 4 is 45.8 Å². The zero-order valence-electron chi connectivity index (χ0n) is 31.0. The Morgan fingerprint density at radius 1 is 0.963 bits per heavy atom. The molecule has 4 heterocycles. The standard InChI is InChI=1S/C41H50ClN7O5/c1-46-21-23-47(24-22-46)18-14-38(51)45-32-11-12-33-36(26-32)44-29-49(40(33)53)28-41(54)15-19-48(20-16-41)39(52)31(25-30-7-3-2-4-8-30)9-5-6-10-37(50)34-27-43-17-13-35(34)42/h2-4,7-8,11-13,17,26-27,29,31,54H,5-6,9-10,14-16,18-25,28H2,1H3,(H,45,51). The van der Waals surface area contributed by atoms with Crippen LogP contribution in [0.4, 0.5) is 5.69 Å². The Morgan fingerprint density at radius 3 is 2.46 bits per heavy atom. The molecule has 2 aliphatic heterocycles. The average molecular weight is 756 g/mol. The maximum Gasteiger partial charge on any atom is 0.261 e. The lowest BCUT2D eigenvalue weighted by Gasteiger charge is -2.39. The van der Waals surface area contributed by atoms with E-state index >= 15 is 0 Å². The molecule has 6 rings (SSSR count). The number of Topliss-reactive ketones (excluding diaryl/α,β-unsaturated/α-hetero) is 1. The molecule has 2 amide bonds. The van der Waals surface area contributed by atoms with Crippen LogP contribution >= 0.6 is 11.6 Å². The molecular formula is C41H50ClN7O5. The van der Waals surface area contributed by atoms with Crippen molar-refractivity contribution in [2.75, 3.05) is 58.2 Å². The third-order valence-corrected chi connectivity index (χ3v) is 11.1. The lowest BCUT2D eigenvalue weighted by atomic mass is 9.88. The van der Waals surface area contributed by atoms with Gasteiger partial charge in [-0.3, -0.25) is 28.7 Å². The Bertz CT molecular complexity index is 1970. The maximum absolute atomic E-state index is 13.9. The third-order valence-electron chi connectivity index (χ3n) is 10.8. The minimum absolute atomic E-state index is 0.0364. The van der Waals surface area contributed by atoms with Crippen LogP contribution in [0, 0.1) is 5.92 Å². The van der Waals surface area contributed by atoms with E-state index in [1.807, 2.05) is 35.2 Å². The molecule has 2 N–H and O–H groups in total. The molecule has 0 bridgehead atoms. The van der Waals surface area contributed by atoms with Gasteiger partial charge in [0.15, 0.2) is 5.78 Å². The summed E-state index contributed by atoms with van der Waals surface area (Å²) < 4.78 is 1.44. The first-order valence-electron chi connectivity index (χ1n) is 18.9. The first-order valence-corrected chi connectivity index (χ1v) is 19.3. The van der Waals surface area contributed by atoms with Crippen molar-refractivity contribution < 1.29 is 19.5 Å². The number of unbranched alkanes of at least 4 members (excludes halogenated alkanes) is 1. The number of carbonyl (C=O) groups excluding carboxylic acids is 3. The number of hydrogen-bond acceptors (Lipinski definition) is 9. The molecule has 0 saturated carbocycles. The molecule has 2 aromatic heterocycles. The van der Waals surface area contributed by atoms with Crippen LogP contribution in [0.1, 0.15) is 60.9 Å². The van der Waals surface area contributed by atoms with E-state index in [1.165, 1.54) is 17.1 Å². The van der Waals surface area contributed by atoms with Crippen molar-refractivity contribution in [2.45, 2.75) is 63.5 Å². The van der Waals surface area contributed by atoms with Gasteiger partial charge in [0, 0.05) is 82.7 Å². The average Bonchev–Trinajstić information content (AvgIpc) is 3.17. The van der Waals surface area contributed by atoms with Gasteiger partial charge in [0.25, 0.3) is 5.56 Å². The van der Waals surface area contributed by atoms with E-state index in [-0.39, 0.29) is 35.6 Å². The van der Waals surface area contributed by atoms with Gasteiger partial charge in [-0.15, -0.1) is 0 Å². The van der Waals surface area contributed by atoms with E-state index in [2.05, 4.69) is 32.1 Å². The van der Waals surface area contributed by atoms with E-state index < -0.39 is 5.60 Å². The second-order valence-electron chi connectivity index (χ2n) is 14.8. The number of hydrogen-bond donors (Lipinski definition) is 2. The number of benzene rings is 2. The number of carbonyl (C=O) groups is 3. The summed E-state index contributed by atoms with van der Waals surface area (Å²) in [6.45, 7) is 5.40. The molecule has 2 saturated heterocycles. The number of piperidine rings is 1. The molecule has 1 unspecified atom stereocenters. The Labute approximate surface area is 321 Å². The zero-order chi connectivity index (χ0) is 38.1. The molecule has 0 spiro atoms. The van der Waals surface area contributed by atoms with Crippen LogP contribution in [0.15, 0.2) is 78.1 Å². The molecule has 0 radical (unpaired) electrons. The topological polar surface area (TPSA) is 141 Å². The monoisotopic (exact) mass is 755 g/mol. The Hall–Kier alpha value is -4.49. The van der Waals surface area contributed by atoms with E-state index in [9.17, 15) is 24.3 Å². The summed E-state index contributed by atoms with van der Waals surface area (Å²) in [5, 5.41) is 15.3. The second-order valence-corrected chi connectivity index (χ2v) is 15.2. The summed E-state index contributed by atoms with van der Waals surface area (Å²) in [5.74, 6) is -0.376. The van der Waals surface area contributed by atoms with E-state index in [0.717, 1.165) is 31.7 Å². The highest BCUT2D eigenvalue weighted by Gasteiger charge is 2.36. The minimum Gasteiger partial charge on any atom is -0.388 e. The molecule has 1 atom stereocenters. The molecule has 4 aromatic rings. The number of fused-ring (bicyclic) bond motifs is 1. The number of nitrogens with one attached hydrogen (secondary N) is 1. The van der Waals surface area contributed by atoms with Gasteiger partial charge in [0.1, 0.15) is 0 Å². The molecule has 286 valence electrons. The van der Waals surface area contributed by atoms with Gasteiger partial charge in [-0.05, 0) is 69.0 Å². The summed E-state index contributed by atoms with van der Waals surface area (Å²) in [6.07, 6.45) is 8.39. The van der Waals surface area contributed by atoms with Gasteiger partial charge in [0.05, 0.1) is 40.0 Å². The number of nitrogens with zero attached hydrogens (tertiary/aromatic N) is 6. The molecular weight excluding hydrogens is 706 g/mol. The van der Waals surface area contributed by atoms with E-state index in [4.69, 9.17) is 11.6 Å². The van der Waals surface area contributed by atoms with Gasteiger partial charge in [-0.1, -0.05) is 48.4 Å². The lowest BCUT2D eigenvalue weighted by Crippen LogP contribution is -2.51. The fourth-order valence-electron chi connectivity index (χ4n) is 7.39. The summed E-state index contributed by atoms with van der Waals surface area (Å²) in [4.78, 5) is 67.7. The SMILES string of the molecule is CN1CCN(CCC(=O)Nc2ccc3c(=O)n(CC4(O)CCN(C(=O)C(CCCCC(=O)c5cnccc5Cl)Cc5ccccc5)CC4)cnc3c2)CC1. The number of likely N-dealkylation sites (tertiary alicyclic amines) is 1. The zero-order valence-corrected chi connectivity index (χ0v) is 31.7. The van der Waals surface area contributed by atoms with Gasteiger partial charge >= 0.3 is 0 Å². The van der Waals surface area contributed by atoms with Crippen molar-refractivity contribution in [3.63, 3.8) is 0 Å². The number of halogens is 1. The number of likely N-dealkylation sites (N-methyl/N-ethyl adjacent to an activating group) is 1. The highest BCUT2D eigenvalue weighted by molar-refractivity contribution is 6.33. The minimum atomic E-state index is -1.18. The summed E-state index contributed by atoms with van der Waals surface area (Å²) in [7, 11) is 2.10. The van der Waals surface area contributed by atoms with Crippen molar-refractivity contribution in [3.05, 3.63) is 99.8 Å². The number of ketones is 1. The highest BCUT2D eigenvalue weighted by atomic mass is 35.5. The number of aliphatic hydroxyl groups is 1. The van der Waals surface area contributed by atoms with Crippen LogP contribution in [-0.4, -0.2) is 110 Å². The van der Waals surface area contributed by atoms with Crippen molar-refractivity contribution in [1.82, 2.24) is 29.2 Å². The van der Waals surface area contributed by atoms with Gasteiger partial charge in [-0.2, -0.15) is 0 Å². The van der Waals surface area contributed by atoms with Crippen molar-refractivity contribution in [1.29, 1.82) is 0 Å². The molecule has 2 fully saturated rings. The quantitative estimate of drug-likeness (QED) is 0.131. The fraction of sp³-hybridized carbons (Fsp3) is 0.463. The molecule has 2 aliphatic rings. The van der Waals surface area contributed by atoms with E-state index in [0.29, 0.717) is 98.2 Å². The van der Waals surface area contributed by atoms with Crippen LogP contribution < -0.4 is 10.9 Å². The van der Waals surface area contributed by atoms with Gasteiger partial charge in [-0.25, -0.2) is 4.98 Å². The summed E-state index contributed by atoms with van der Waals surface area (Å²) in [6, 6.07) is 16.6. The van der Waals surface area contributed by atoms with Crippen LogP contribution in [0.3, 0.4) is 0 Å². The fourth-order valence-corrected chi connectivity index (χ4v) is 7.60. The lowest BCUT2D eigenvalue weighted by molar-refractivity contribution is -0.140. The molecule has 0 aliphatic carbocycles. The number of piperazine rings is 1. The van der Waals surface area contributed by atoms with Crippen molar-refractivity contribution in [3.8, 4) is 0 Å². The van der Waals surface area contributed by atoms with Crippen LogP contribution in [-0.2, 0) is 22.6 Å². The first kappa shape index (κ1) is 39.2. The molecule has 13 heteroatoms. The number of amides is 2. The molecule has 2 aromatic carbocycles. The molecule has 12 nitrogen and oxygen atoms in total. The Balaban J connectivity index is 1.02. The highest BCUT2D eigenvalue weighted by Crippen LogP contribution is 2.28. The maximum atomic E-state index is 13.9. The van der Waals surface area contributed by atoms with Gasteiger partial charge < -0.3 is 25.1 Å².